The number of carbonyl (C=O) groups excluding carboxylic acids is 1. The number of nitrogens with one attached hydrogen (secondary N) is 2. The van der Waals surface area contributed by atoms with Gasteiger partial charge in [-0.1, -0.05) is 11.6 Å². The molecule has 0 unspecified atom stereocenters. The van der Waals surface area contributed by atoms with E-state index in [4.69, 9.17) is 18.3 Å². The minimum absolute atomic E-state index is 0.144. The number of hydrogen-bond donors (Lipinski definition) is 2. The van der Waals surface area contributed by atoms with Crippen LogP contribution in [0.1, 0.15) is 12.0 Å². The lowest BCUT2D eigenvalue weighted by Gasteiger charge is -2.19. The Bertz CT molecular complexity index is 585. The van der Waals surface area contributed by atoms with Crippen molar-refractivity contribution in [2.45, 2.75) is 17.9 Å². The van der Waals surface area contributed by atoms with E-state index in [0.29, 0.717) is 11.4 Å². The van der Waals surface area contributed by atoms with Gasteiger partial charge in [0.2, 0.25) is 5.91 Å². The average Bonchev–Trinajstić information content (AvgIpc) is 2.81. The van der Waals surface area contributed by atoms with Gasteiger partial charge in [-0.15, -0.1) is 0 Å². The van der Waals surface area contributed by atoms with Gasteiger partial charge in [0.15, 0.2) is 0 Å². The normalized spacial score (nSPS) is 32.1. The third kappa shape index (κ3) is 1.36. The van der Waals surface area contributed by atoms with Crippen LogP contribution in [0.5, 0.6) is 0 Å². The van der Waals surface area contributed by atoms with Crippen LogP contribution in [0.25, 0.3) is 0 Å². The van der Waals surface area contributed by atoms with Gasteiger partial charge in [0.1, 0.15) is 1.41 Å². The van der Waals surface area contributed by atoms with Crippen LogP contribution in [0.2, 0.25) is 6.43 Å². The summed E-state index contributed by atoms with van der Waals surface area (Å²) in [6.45, 7) is 0.227. The number of fused-ring (bicyclic) bond motifs is 2. The van der Waals surface area contributed by atoms with Crippen LogP contribution in [0, 0.1) is 11.3 Å². The van der Waals surface area contributed by atoms with Gasteiger partial charge in [0.05, 0.1) is 17.5 Å². The number of amides is 1. The standard InChI is InChI=1S/C12H10ClN3O/c13-7-1-2-10-9(3-7)12(11(17)16-10)4-8(5-14)15-6-12/h1-3,8,15H,4,6H2,(H,16,17)/t8-,12-/m0/s1/i/hD. The average molecular weight is 249 g/mol. The highest BCUT2D eigenvalue weighted by molar-refractivity contribution is 6.31. The van der Waals surface area contributed by atoms with Crippen LogP contribution in [0.4, 0.5) is 5.69 Å². The number of anilines is 1. The molecule has 86 valence electrons. The first-order valence-electron chi connectivity index (χ1n) is 5.78. The number of benzene rings is 1. The van der Waals surface area contributed by atoms with E-state index >= 15 is 0 Å². The minimum atomic E-state index is -0.803. The minimum Gasteiger partial charge on any atom is -0.325 e. The molecule has 5 heteroatoms. The third-order valence-electron chi connectivity index (χ3n) is 3.45. The van der Waals surface area contributed by atoms with E-state index in [1.165, 1.54) is 5.31 Å². The number of nitrogens with zero attached hydrogens (tertiary/aromatic N) is 1. The Morgan fingerprint density at radius 2 is 2.47 bits per heavy atom. The molecule has 0 aromatic heterocycles. The van der Waals surface area contributed by atoms with E-state index in [9.17, 15) is 4.79 Å². The Labute approximate surface area is 105 Å². The van der Waals surface area contributed by atoms with Crippen molar-refractivity contribution in [2.24, 2.45) is 0 Å². The lowest BCUT2D eigenvalue weighted by molar-refractivity contribution is -0.120. The van der Waals surface area contributed by atoms with Gasteiger partial charge in [0, 0.05) is 17.3 Å². The molecule has 0 radical (unpaired) electrons. The Hall–Kier alpha value is -1.57. The fourth-order valence-corrected chi connectivity index (χ4v) is 2.73. The molecule has 0 bridgehead atoms. The van der Waals surface area contributed by atoms with Crippen molar-refractivity contribution in [3.63, 3.8) is 0 Å². The summed E-state index contributed by atoms with van der Waals surface area (Å²) in [5, 5.41) is 13.5. The molecule has 1 fully saturated rings. The smallest absolute Gasteiger partial charge is 0.236 e. The SMILES string of the molecule is [2H]N1C[C@]2(C[C@H]1C#N)C(=O)Nc1ccc(Cl)cc12. The van der Waals surface area contributed by atoms with E-state index in [1.807, 2.05) is 0 Å². The summed E-state index contributed by atoms with van der Waals surface area (Å²) >= 11 is 5.97. The Kier molecular flexibility index (Phi) is 1.92. The second-order valence-electron chi connectivity index (χ2n) is 4.42. The maximum atomic E-state index is 12.2. The second kappa shape index (κ2) is 3.46. The van der Waals surface area contributed by atoms with Gasteiger partial charge < -0.3 is 10.6 Å². The van der Waals surface area contributed by atoms with E-state index in [2.05, 4.69) is 11.4 Å². The van der Waals surface area contributed by atoms with Gasteiger partial charge in [-0.3, -0.25) is 4.79 Å². The van der Waals surface area contributed by atoms with Crippen LogP contribution in [0.15, 0.2) is 18.2 Å². The number of hydrogen-bond acceptors (Lipinski definition) is 3. The van der Waals surface area contributed by atoms with Gasteiger partial charge in [-0.05, 0) is 30.2 Å². The molecule has 1 spiro atoms. The molecule has 4 nitrogen and oxygen atoms in total. The van der Waals surface area contributed by atoms with Gasteiger partial charge >= 0.3 is 0 Å². The molecule has 17 heavy (non-hydrogen) atoms. The molecule has 1 amide bonds. The fraction of sp³-hybridized carbons (Fsp3) is 0.333. The van der Waals surface area contributed by atoms with E-state index < -0.39 is 11.5 Å². The monoisotopic (exact) mass is 248 g/mol. The highest BCUT2D eigenvalue weighted by atomic mass is 35.5. The molecule has 2 aliphatic heterocycles. The molecule has 1 saturated heterocycles. The molecule has 1 aromatic carbocycles. The lowest BCUT2D eigenvalue weighted by Crippen LogP contribution is -2.36. The van der Waals surface area contributed by atoms with E-state index in [-0.39, 0.29) is 12.5 Å². The Morgan fingerprint density at radius 3 is 3.18 bits per heavy atom. The molecule has 2 heterocycles. The third-order valence-corrected chi connectivity index (χ3v) is 3.69. The first-order chi connectivity index (χ1) is 8.56. The highest BCUT2D eigenvalue weighted by Crippen LogP contribution is 2.44. The van der Waals surface area contributed by atoms with Crippen LogP contribution >= 0.6 is 11.6 Å². The summed E-state index contributed by atoms with van der Waals surface area (Å²) in [7, 11) is 0. The van der Waals surface area contributed by atoms with Gasteiger partial charge in [0.25, 0.3) is 0 Å². The summed E-state index contributed by atoms with van der Waals surface area (Å²) < 4.78 is 7.76. The quantitative estimate of drug-likeness (QED) is 0.730. The summed E-state index contributed by atoms with van der Waals surface area (Å²) in [5.41, 5.74) is 0.730. The lowest BCUT2D eigenvalue weighted by atomic mass is 9.80. The van der Waals surface area contributed by atoms with Crippen molar-refractivity contribution in [3.8, 4) is 6.07 Å². The molecular formula is C12H10ClN3O. The van der Waals surface area contributed by atoms with Crippen molar-refractivity contribution >= 4 is 23.2 Å². The zero-order valence-electron chi connectivity index (χ0n) is 9.90. The molecular weight excluding hydrogens is 238 g/mol. The zero-order valence-corrected chi connectivity index (χ0v) is 9.66. The van der Waals surface area contributed by atoms with Crippen molar-refractivity contribution in [1.82, 2.24) is 5.31 Å². The van der Waals surface area contributed by atoms with Crippen molar-refractivity contribution in [3.05, 3.63) is 28.8 Å². The summed E-state index contributed by atoms with van der Waals surface area (Å²) in [4.78, 5) is 12.2. The number of carbonyl (C=O) groups is 1. The predicted octanol–water partition coefficient (Wildman–Crippen LogP) is 1.42. The highest BCUT2D eigenvalue weighted by Gasteiger charge is 2.51. The fourth-order valence-electron chi connectivity index (χ4n) is 2.56. The molecule has 0 aliphatic carbocycles. The second-order valence-corrected chi connectivity index (χ2v) is 4.85. The first kappa shape index (κ1) is 9.46. The first-order valence-corrected chi connectivity index (χ1v) is 5.71. The van der Waals surface area contributed by atoms with E-state index in [0.717, 1.165) is 11.3 Å². The largest absolute Gasteiger partial charge is 0.325 e. The molecule has 3 rings (SSSR count). The Morgan fingerprint density at radius 1 is 1.65 bits per heavy atom. The maximum Gasteiger partial charge on any atom is 0.236 e. The summed E-state index contributed by atoms with van der Waals surface area (Å²) in [6, 6.07) is 6.73. The summed E-state index contributed by atoms with van der Waals surface area (Å²) in [6.07, 6.45) is 0.339. The number of halogens is 1. The Balaban J connectivity index is 2.12. The zero-order chi connectivity index (χ0) is 12.9. The molecule has 2 atom stereocenters. The molecule has 2 aliphatic rings. The van der Waals surface area contributed by atoms with Crippen LogP contribution in [-0.4, -0.2) is 18.5 Å². The van der Waals surface area contributed by atoms with Crippen molar-refractivity contribution < 1.29 is 6.21 Å². The maximum absolute atomic E-state index is 12.2. The number of rotatable bonds is 0. The van der Waals surface area contributed by atoms with Crippen LogP contribution < -0.4 is 10.6 Å². The van der Waals surface area contributed by atoms with Gasteiger partial charge in [-0.25, -0.2) is 0 Å². The van der Waals surface area contributed by atoms with Crippen LogP contribution in [0.3, 0.4) is 0 Å². The van der Waals surface area contributed by atoms with E-state index in [1.54, 1.807) is 18.2 Å². The van der Waals surface area contributed by atoms with Gasteiger partial charge in [-0.2, -0.15) is 5.26 Å². The summed E-state index contributed by atoms with van der Waals surface area (Å²) in [5.74, 6) is -0.144. The predicted molar refractivity (Wildman–Crippen MR) is 63.8 cm³/mol. The molecule has 1 aromatic rings. The van der Waals surface area contributed by atoms with Crippen molar-refractivity contribution in [2.75, 3.05) is 11.9 Å². The van der Waals surface area contributed by atoms with Crippen LogP contribution in [-0.2, 0) is 10.2 Å². The van der Waals surface area contributed by atoms with Crippen molar-refractivity contribution in [1.29, 1.82) is 5.26 Å². The molecule has 2 N–H and O–H groups in total. The molecule has 0 saturated carbocycles. The number of nitriles is 1. The topological polar surface area (TPSA) is 64.9 Å².